The number of aromatic hydroxyl groups is 1. The molecule has 0 fully saturated rings. The van der Waals surface area contributed by atoms with Crippen molar-refractivity contribution in [3.8, 4) is 5.75 Å². The maximum absolute atomic E-state index is 10.5. The molecule has 0 spiro atoms. The van der Waals surface area contributed by atoms with E-state index in [2.05, 4.69) is 9.88 Å². The van der Waals surface area contributed by atoms with Crippen molar-refractivity contribution in [2.45, 2.75) is 32.9 Å². The zero-order chi connectivity index (χ0) is 19.6. The van der Waals surface area contributed by atoms with Gasteiger partial charge in [-0.25, -0.2) is 0 Å². The summed E-state index contributed by atoms with van der Waals surface area (Å²) in [5.41, 5.74) is 4.20. The van der Waals surface area contributed by atoms with E-state index in [4.69, 9.17) is 23.2 Å². The quantitative estimate of drug-likeness (QED) is 0.552. The standard InChI is InChI=1S/C19H18Cl2N2O2.C2H6/c20-12-1-2-17-16(8-12)15-3-4-23(9-18(15)22-17)10-19(25)11-5-13(21)7-14(24)6-11;1-2/h1-2,5-8,19,22,24-25H,3-4,9-10H2;1-2H3. The molecule has 27 heavy (non-hydrogen) atoms. The smallest absolute Gasteiger partial charge is 0.117 e. The minimum absolute atomic E-state index is 0.0648. The van der Waals surface area contributed by atoms with Gasteiger partial charge in [0.1, 0.15) is 5.75 Å². The van der Waals surface area contributed by atoms with Crippen LogP contribution in [0.1, 0.15) is 36.8 Å². The number of β-amino-alcohol motifs (C(OH)–C–C–N with tert-alkyl or cyclic N) is 1. The zero-order valence-electron chi connectivity index (χ0n) is 15.5. The van der Waals surface area contributed by atoms with Crippen LogP contribution in [0.3, 0.4) is 0 Å². The Bertz CT molecular complexity index is 919. The van der Waals surface area contributed by atoms with Crippen molar-refractivity contribution in [3.63, 3.8) is 0 Å². The molecule has 0 amide bonds. The number of nitrogens with zero attached hydrogens (tertiary/aromatic N) is 1. The first kappa shape index (κ1) is 20.0. The average molecular weight is 407 g/mol. The number of rotatable bonds is 3. The summed E-state index contributed by atoms with van der Waals surface area (Å²) in [5, 5.41) is 22.5. The summed E-state index contributed by atoms with van der Waals surface area (Å²) in [6, 6.07) is 10.6. The van der Waals surface area contributed by atoms with E-state index in [1.807, 2.05) is 32.0 Å². The van der Waals surface area contributed by atoms with Gasteiger partial charge in [-0.3, -0.25) is 4.90 Å². The molecule has 1 aliphatic heterocycles. The number of hydrogen-bond acceptors (Lipinski definition) is 3. The van der Waals surface area contributed by atoms with Gasteiger partial charge in [0, 0.05) is 46.3 Å². The third-order valence-electron chi connectivity index (χ3n) is 4.74. The van der Waals surface area contributed by atoms with Gasteiger partial charge in [-0.15, -0.1) is 0 Å². The average Bonchev–Trinajstić information content (AvgIpc) is 2.99. The molecule has 4 rings (SSSR count). The van der Waals surface area contributed by atoms with Crippen LogP contribution in [0.4, 0.5) is 0 Å². The van der Waals surface area contributed by atoms with E-state index in [-0.39, 0.29) is 5.75 Å². The van der Waals surface area contributed by atoms with Crippen LogP contribution in [0.2, 0.25) is 10.0 Å². The Balaban J connectivity index is 0.00000102. The Morgan fingerprint density at radius 1 is 1.11 bits per heavy atom. The lowest BCUT2D eigenvalue weighted by molar-refractivity contribution is 0.105. The molecule has 1 unspecified atom stereocenters. The van der Waals surface area contributed by atoms with E-state index >= 15 is 0 Å². The number of H-pyrrole nitrogens is 1. The number of hydrogen-bond donors (Lipinski definition) is 3. The third-order valence-corrected chi connectivity index (χ3v) is 5.19. The highest BCUT2D eigenvalue weighted by molar-refractivity contribution is 6.31. The first-order valence-corrected chi connectivity index (χ1v) is 9.94. The molecule has 6 heteroatoms. The predicted octanol–water partition coefficient (Wildman–Crippen LogP) is 5.30. The lowest BCUT2D eigenvalue weighted by Crippen LogP contribution is -2.33. The van der Waals surface area contributed by atoms with Crippen molar-refractivity contribution in [2.75, 3.05) is 13.1 Å². The van der Waals surface area contributed by atoms with Crippen LogP contribution in [0.15, 0.2) is 36.4 Å². The number of aromatic nitrogens is 1. The Kier molecular flexibility index (Phi) is 6.33. The number of nitrogens with one attached hydrogen (secondary N) is 1. The number of aromatic amines is 1. The lowest BCUT2D eigenvalue weighted by Gasteiger charge is -2.29. The van der Waals surface area contributed by atoms with Gasteiger partial charge in [-0.05, 0) is 53.9 Å². The molecule has 4 nitrogen and oxygen atoms in total. The first-order chi connectivity index (χ1) is 13.0. The lowest BCUT2D eigenvalue weighted by atomic mass is 10.0. The number of benzene rings is 2. The second-order valence-electron chi connectivity index (χ2n) is 6.52. The minimum Gasteiger partial charge on any atom is -0.508 e. The molecule has 1 aliphatic rings. The maximum Gasteiger partial charge on any atom is 0.117 e. The molecule has 2 heterocycles. The number of halogens is 2. The fraction of sp³-hybridized carbons (Fsp3) is 0.333. The molecule has 0 aliphatic carbocycles. The molecule has 0 bridgehead atoms. The van der Waals surface area contributed by atoms with Crippen LogP contribution in [0.25, 0.3) is 10.9 Å². The number of fused-ring (bicyclic) bond motifs is 3. The Morgan fingerprint density at radius 2 is 1.89 bits per heavy atom. The zero-order valence-corrected chi connectivity index (χ0v) is 17.0. The van der Waals surface area contributed by atoms with E-state index < -0.39 is 6.10 Å². The molecule has 0 saturated carbocycles. The van der Waals surface area contributed by atoms with Crippen molar-refractivity contribution in [2.24, 2.45) is 0 Å². The Labute approximate surface area is 169 Å². The Hall–Kier alpha value is -1.72. The predicted molar refractivity (Wildman–Crippen MR) is 112 cm³/mol. The molecule has 0 radical (unpaired) electrons. The molecule has 3 aromatic rings. The van der Waals surface area contributed by atoms with Crippen LogP contribution in [0, 0.1) is 0 Å². The summed E-state index contributed by atoms with van der Waals surface area (Å²) >= 11 is 12.1. The van der Waals surface area contributed by atoms with Crippen LogP contribution >= 0.6 is 23.2 Å². The highest BCUT2D eigenvalue weighted by Gasteiger charge is 2.23. The molecular formula is C21H24Cl2N2O2. The molecular weight excluding hydrogens is 383 g/mol. The summed E-state index contributed by atoms with van der Waals surface area (Å²) in [6.45, 7) is 6.08. The van der Waals surface area contributed by atoms with Crippen LogP contribution in [-0.4, -0.2) is 33.2 Å². The van der Waals surface area contributed by atoms with Crippen molar-refractivity contribution < 1.29 is 10.2 Å². The normalized spacial score (nSPS) is 15.1. The van der Waals surface area contributed by atoms with Crippen LogP contribution in [-0.2, 0) is 13.0 Å². The summed E-state index contributed by atoms with van der Waals surface area (Å²) < 4.78 is 0. The highest BCUT2D eigenvalue weighted by atomic mass is 35.5. The monoisotopic (exact) mass is 406 g/mol. The van der Waals surface area contributed by atoms with Crippen molar-refractivity contribution in [1.82, 2.24) is 9.88 Å². The van der Waals surface area contributed by atoms with Gasteiger partial charge in [0.2, 0.25) is 0 Å². The Morgan fingerprint density at radius 3 is 2.63 bits per heavy atom. The van der Waals surface area contributed by atoms with Gasteiger partial charge in [0.05, 0.1) is 6.10 Å². The molecule has 3 N–H and O–H groups in total. The van der Waals surface area contributed by atoms with Crippen molar-refractivity contribution in [1.29, 1.82) is 0 Å². The van der Waals surface area contributed by atoms with Gasteiger partial charge in [0.25, 0.3) is 0 Å². The van der Waals surface area contributed by atoms with E-state index in [9.17, 15) is 10.2 Å². The van der Waals surface area contributed by atoms with E-state index in [1.54, 1.807) is 12.1 Å². The second kappa shape index (κ2) is 8.53. The molecule has 1 atom stereocenters. The molecule has 144 valence electrons. The summed E-state index contributed by atoms with van der Waals surface area (Å²) in [4.78, 5) is 5.66. The summed E-state index contributed by atoms with van der Waals surface area (Å²) in [7, 11) is 0. The fourth-order valence-corrected chi connectivity index (χ4v) is 3.97. The van der Waals surface area contributed by atoms with Crippen LogP contribution in [0.5, 0.6) is 5.75 Å². The van der Waals surface area contributed by atoms with Gasteiger partial charge >= 0.3 is 0 Å². The first-order valence-electron chi connectivity index (χ1n) is 9.18. The highest BCUT2D eigenvalue weighted by Crippen LogP contribution is 2.31. The van der Waals surface area contributed by atoms with Crippen LogP contribution < -0.4 is 0 Å². The molecule has 0 saturated heterocycles. The van der Waals surface area contributed by atoms with E-state index in [0.717, 1.165) is 30.0 Å². The number of phenolic OH excluding ortho intramolecular Hbond substituents is 1. The maximum atomic E-state index is 10.5. The van der Waals surface area contributed by atoms with Gasteiger partial charge in [-0.2, -0.15) is 0 Å². The van der Waals surface area contributed by atoms with Gasteiger partial charge < -0.3 is 15.2 Å². The molecule has 1 aromatic heterocycles. The van der Waals surface area contributed by atoms with Gasteiger partial charge in [-0.1, -0.05) is 37.0 Å². The number of aliphatic hydroxyl groups is 1. The van der Waals surface area contributed by atoms with Gasteiger partial charge in [0.15, 0.2) is 0 Å². The summed E-state index contributed by atoms with van der Waals surface area (Å²) in [6.07, 6.45) is 0.202. The van der Waals surface area contributed by atoms with E-state index in [1.165, 1.54) is 22.7 Å². The number of aliphatic hydroxyl groups excluding tert-OH is 1. The van der Waals surface area contributed by atoms with Crippen molar-refractivity contribution in [3.05, 3.63) is 63.3 Å². The minimum atomic E-state index is -0.704. The number of phenols is 1. The topological polar surface area (TPSA) is 59.5 Å². The SMILES string of the molecule is CC.Oc1cc(Cl)cc(C(O)CN2CCc3c([nH]c4ccc(Cl)cc34)C2)c1. The largest absolute Gasteiger partial charge is 0.508 e. The summed E-state index contributed by atoms with van der Waals surface area (Å²) in [5.74, 6) is 0.0648. The third kappa shape index (κ3) is 4.41. The van der Waals surface area contributed by atoms with Crippen molar-refractivity contribution >= 4 is 34.1 Å². The fourth-order valence-electron chi connectivity index (χ4n) is 3.56. The second-order valence-corrected chi connectivity index (χ2v) is 7.39. The van der Waals surface area contributed by atoms with E-state index in [0.29, 0.717) is 17.1 Å². The molecule has 2 aromatic carbocycles.